The Hall–Kier alpha value is -6.55. The number of alkyl carbamates (subject to hydrolysis) is 1. The van der Waals surface area contributed by atoms with Gasteiger partial charge in [-0.15, -0.1) is 0 Å². The van der Waals surface area contributed by atoms with Gasteiger partial charge in [0.15, 0.2) is 38.8 Å². The van der Waals surface area contributed by atoms with E-state index in [9.17, 15) is 38.7 Å². The van der Waals surface area contributed by atoms with Gasteiger partial charge in [0.1, 0.15) is 18.7 Å². The summed E-state index contributed by atoms with van der Waals surface area (Å²) in [6.45, 7) is 18.7. The summed E-state index contributed by atoms with van der Waals surface area (Å²) in [6, 6.07) is 18.6. The summed E-state index contributed by atoms with van der Waals surface area (Å²) in [7, 11) is -2.33. The molecule has 1 saturated heterocycles. The van der Waals surface area contributed by atoms with Crippen LogP contribution in [-0.4, -0.2) is 104 Å². The van der Waals surface area contributed by atoms with Crippen LogP contribution in [0.2, 0.25) is 18.1 Å². The molecule has 0 radical (unpaired) electrons. The molecule has 3 aromatic rings. The Labute approximate surface area is 397 Å². The Morgan fingerprint density at radius 1 is 0.765 bits per heavy atom. The maximum absolute atomic E-state index is 13.7. The van der Waals surface area contributed by atoms with Crippen LogP contribution in [0.1, 0.15) is 90.5 Å². The van der Waals surface area contributed by atoms with E-state index in [2.05, 4.69) is 61.7 Å². The van der Waals surface area contributed by atoms with Gasteiger partial charge in [0.2, 0.25) is 11.8 Å². The minimum Gasteiger partial charge on any atom is -0.479 e. The van der Waals surface area contributed by atoms with Gasteiger partial charge >= 0.3 is 30.0 Å². The number of anilines is 1. The van der Waals surface area contributed by atoms with E-state index in [4.69, 9.17) is 28.1 Å². The summed E-state index contributed by atoms with van der Waals surface area (Å²) in [5.74, 6) is -0.206. The van der Waals surface area contributed by atoms with Gasteiger partial charge in [-0.3, -0.25) is 24.0 Å². The Morgan fingerprint density at radius 2 is 1.32 bits per heavy atom. The molecule has 0 aromatic heterocycles. The summed E-state index contributed by atoms with van der Waals surface area (Å²) >= 11 is 0. The normalized spacial score (nSPS) is 19.7. The van der Waals surface area contributed by atoms with Gasteiger partial charge in [0.05, 0.1) is 6.61 Å². The molecule has 3 aromatic carbocycles. The third-order valence-corrected chi connectivity index (χ3v) is 16.6. The van der Waals surface area contributed by atoms with Crippen LogP contribution in [0.25, 0.3) is 11.1 Å². The van der Waals surface area contributed by atoms with E-state index < -0.39 is 92.7 Å². The fourth-order valence-corrected chi connectivity index (χ4v) is 8.52. The van der Waals surface area contributed by atoms with Crippen molar-refractivity contribution in [3.8, 4) is 23.0 Å². The molecule has 1 fully saturated rings. The second kappa shape index (κ2) is 22.0. The lowest BCUT2D eigenvalue weighted by Gasteiger charge is -2.41. The largest absolute Gasteiger partial charge is 0.479 e. The number of carbonyl (C=O) groups excluding carboxylic acids is 6. The van der Waals surface area contributed by atoms with Crippen molar-refractivity contribution in [2.45, 2.75) is 136 Å². The minimum absolute atomic E-state index is 0.0489. The monoisotopic (exact) mass is 955 g/mol. The van der Waals surface area contributed by atoms with Crippen LogP contribution in [0.4, 0.5) is 10.5 Å². The number of fused-ring (bicyclic) bond motifs is 3. The molecule has 2 unspecified atom stereocenters. The van der Waals surface area contributed by atoms with Crippen molar-refractivity contribution in [3.63, 3.8) is 0 Å². The van der Waals surface area contributed by atoms with Crippen molar-refractivity contribution in [3.05, 3.63) is 89.0 Å². The first kappa shape index (κ1) is 52.4. The minimum atomic E-state index is -2.33. The molecule has 1 aliphatic heterocycles. The molecule has 0 bridgehead atoms. The topological polar surface area (TPSA) is 231 Å². The van der Waals surface area contributed by atoms with Crippen molar-refractivity contribution in [2.75, 3.05) is 11.9 Å². The molecule has 1 heterocycles. The van der Waals surface area contributed by atoms with Gasteiger partial charge in [-0.05, 0) is 70.9 Å². The third-order valence-electron chi connectivity index (χ3n) is 12.1. The fourth-order valence-electron chi connectivity index (χ4n) is 7.57. The number of carboxylic acids is 1. The number of hydrogen-bond donors (Lipinski definition) is 4. The zero-order valence-electron chi connectivity index (χ0n) is 40.2. The molecule has 3 amide bonds. The average Bonchev–Trinajstić information content (AvgIpc) is 3.57. The zero-order valence-corrected chi connectivity index (χ0v) is 41.2. The zero-order chi connectivity index (χ0) is 50.2. The van der Waals surface area contributed by atoms with Gasteiger partial charge in [0.25, 0.3) is 0 Å². The van der Waals surface area contributed by atoms with Gasteiger partial charge in [-0.2, -0.15) is 0 Å². The predicted octanol–water partition coefficient (Wildman–Crippen LogP) is 6.21. The highest BCUT2D eigenvalue weighted by molar-refractivity contribution is 6.74. The van der Waals surface area contributed by atoms with Gasteiger partial charge in [-0.1, -0.05) is 101 Å². The summed E-state index contributed by atoms with van der Waals surface area (Å²) in [4.78, 5) is 89.6. The van der Waals surface area contributed by atoms with Crippen molar-refractivity contribution < 1.29 is 66.8 Å². The van der Waals surface area contributed by atoms with Gasteiger partial charge < -0.3 is 49.2 Å². The molecule has 5 rings (SSSR count). The second-order valence-corrected chi connectivity index (χ2v) is 23.4. The van der Waals surface area contributed by atoms with Crippen LogP contribution in [0, 0.1) is 17.8 Å². The van der Waals surface area contributed by atoms with Crippen LogP contribution in [-0.2, 0) is 63.5 Å². The number of hydrogen-bond acceptors (Lipinski definition) is 13. The number of carbonyl (C=O) groups is 7. The molecule has 2 aliphatic rings. The molecule has 364 valence electrons. The van der Waals surface area contributed by atoms with Crippen molar-refractivity contribution in [1.82, 2.24) is 10.6 Å². The first-order valence-electron chi connectivity index (χ1n) is 22.3. The van der Waals surface area contributed by atoms with Crippen LogP contribution in [0.15, 0.2) is 66.7 Å². The molecular formula is C50H61N3O14Si. The maximum Gasteiger partial charge on any atom is 0.407 e. The number of aliphatic carboxylic acids is 1. The van der Waals surface area contributed by atoms with E-state index in [0.717, 1.165) is 43.0 Å². The Morgan fingerprint density at radius 3 is 1.87 bits per heavy atom. The molecule has 1 aliphatic carbocycles. The predicted molar refractivity (Wildman–Crippen MR) is 251 cm³/mol. The van der Waals surface area contributed by atoms with E-state index in [1.807, 2.05) is 48.5 Å². The number of benzene rings is 3. The highest BCUT2D eigenvalue weighted by Gasteiger charge is 2.54. The van der Waals surface area contributed by atoms with Crippen molar-refractivity contribution in [2.24, 2.45) is 5.92 Å². The van der Waals surface area contributed by atoms with E-state index in [-0.39, 0.29) is 35.8 Å². The number of amides is 3. The summed E-state index contributed by atoms with van der Waals surface area (Å²) in [6.07, 6.45) is -9.08. The molecule has 68 heavy (non-hydrogen) atoms. The highest BCUT2D eigenvalue weighted by atomic mass is 28.4. The summed E-state index contributed by atoms with van der Waals surface area (Å²) in [5.41, 5.74) is 5.36. The molecule has 18 heteroatoms. The lowest BCUT2D eigenvalue weighted by molar-refractivity contribution is -0.239. The highest BCUT2D eigenvalue weighted by Crippen LogP contribution is 2.44. The van der Waals surface area contributed by atoms with Crippen LogP contribution in [0.3, 0.4) is 0 Å². The van der Waals surface area contributed by atoms with Crippen LogP contribution in [0.5, 0.6) is 0 Å². The number of esters is 3. The first-order valence-corrected chi connectivity index (χ1v) is 25.2. The van der Waals surface area contributed by atoms with E-state index >= 15 is 0 Å². The Bertz CT molecular complexity index is 2430. The third kappa shape index (κ3) is 12.9. The number of nitrogens with one attached hydrogen (secondary N) is 3. The number of rotatable bonds is 15. The number of carboxylic acid groups (broad SMARTS) is 1. The Balaban J connectivity index is 1.35. The standard InChI is InChI=1S/C50H61N3O14Si/c1-27(2)41(53-49(61)62-26-39-37-18-14-12-16-35(37)36-17-13-15-19-38(36)39)47(58)51-28(3)46(57)52-34-22-20-33(25-63-68(10,11)50(7,8)9)32(24-34)21-23-40-42(64-29(4)54)43(65-30(5)55)44(66-31(6)56)45(67-40)48(59)60/h12-20,22,24,27-28,39-45H,25-26H2,1-11H3,(H,51,58)(H,52,57)(H,53,61)(H,59,60)/t28?,40-,41?,42-,43+,44-,45-/m0/s1. The number of ether oxygens (including phenoxy) is 5. The maximum atomic E-state index is 13.7. The molecule has 0 saturated carbocycles. The Kier molecular flexibility index (Phi) is 17.0. The molecule has 4 N–H and O–H groups in total. The lowest BCUT2D eigenvalue weighted by atomic mass is 9.93. The van der Waals surface area contributed by atoms with Crippen LogP contribution >= 0.6 is 0 Å². The van der Waals surface area contributed by atoms with Crippen LogP contribution < -0.4 is 16.0 Å². The van der Waals surface area contributed by atoms with Crippen molar-refractivity contribution >= 4 is 55.8 Å². The summed E-state index contributed by atoms with van der Waals surface area (Å²) < 4.78 is 34.1. The second-order valence-electron chi connectivity index (χ2n) is 18.6. The quantitative estimate of drug-likeness (QED) is 0.0574. The molecule has 17 nitrogen and oxygen atoms in total. The molecular weight excluding hydrogens is 895 g/mol. The first-order chi connectivity index (χ1) is 31.9. The smallest absolute Gasteiger partial charge is 0.407 e. The van der Waals surface area contributed by atoms with E-state index in [1.54, 1.807) is 32.0 Å². The van der Waals surface area contributed by atoms with Gasteiger partial charge in [-0.25, -0.2) is 9.59 Å². The molecule has 0 spiro atoms. The van der Waals surface area contributed by atoms with Crippen molar-refractivity contribution in [1.29, 1.82) is 0 Å². The van der Waals surface area contributed by atoms with E-state index in [0.29, 0.717) is 11.1 Å². The molecule has 7 atom stereocenters. The van der Waals surface area contributed by atoms with Gasteiger partial charge in [0, 0.05) is 37.9 Å². The fraction of sp³-hybridized carbons (Fsp3) is 0.460. The van der Waals surface area contributed by atoms with E-state index in [1.165, 1.54) is 6.92 Å². The average molecular weight is 956 g/mol. The SMILES string of the molecule is CC(=O)O[C@@H]1[C@@H](OC(C)=O)[C@H](C#Cc2cc(NC(=O)C(C)NC(=O)C(NC(=O)OCC3c4ccccc4-c4ccccc43)C(C)C)ccc2CO[Si](C)(C)C(C)(C)C)O[C@H](C(=O)O)[C@H]1OC(C)=O. The summed E-state index contributed by atoms with van der Waals surface area (Å²) in [5, 5.41) is 18.1. The lowest BCUT2D eigenvalue weighted by Crippen LogP contribution is -2.62.